The minimum Gasteiger partial charge on any atom is -0.341 e. The maximum Gasteiger partial charge on any atom is 0.302 e. The van der Waals surface area contributed by atoms with Crippen LogP contribution in [-0.2, 0) is 15.0 Å². The van der Waals surface area contributed by atoms with Gasteiger partial charge in [-0.3, -0.25) is 4.79 Å². The molecule has 10 heteroatoms. The summed E-state index contributed by atoms with van der Waals surface area (Å²) in [6.45, 7) is 6.25. The lowest BCUT2D eigenvalue weighted by atomic mass is 10.1. The van der Waals surface area contributed by atoms with Gasteiger partial charge in [0.25, 0.3) is 0 Å². The van der Waals surface area contributed by atoms with Crippen LogP contribution in [0.25, 0.3) is 0 Å². The molecule has 136 valence electrons. The van der Waals surface area contributed by atoms with Crippen LogP contribution in [0.5, 0.6) is 0 Å². The summed E-state index contributed by atoms with van der Waals surface area (Å²) in [7, 11) is -4.51. The smallest absolute Gasteiger partial charge is 0.302 e. The van der Waals surface area contributed by atoms with Crippen LogP contribution in [0, 0.1) is 5.92 Å². The van der Waals surface area contributed by atoms with Crippen molar-refractivity contribution in [2.45, 2.75) is 6.42 Å². The molecular formula is C13H28FN5O3S. The molecule has 1 aliphatic heterocycles. The third-order valence-corrected chi connectivity index (χ3v) is 4.44. The number of nitrogens with zero attached hydrogens (tertiary/aromatic N) is 1. The summed E-state index contributed by atoms with van der Waals surface area (Å²) in [5.41, 5.74) is 5.36. The molecule has 0 aromatic rings. The van der Waals surface area contributed by atoms with Gasteiger partial charge in [0.2, 0.25) is 5.91 Å². The minimum atomic E-state index is -4.51. The number of carbonyl (C=O) groups excluding carboxylic acids is 1. The first-order valence-corrected chi connectivity index (χ1v) is 9.50. The van der Waals surface area contributed by atoms with Gasteiger partial charge in [-0.25, -0.2) is 0 Å². The molecule has 1 heterocycles. The van der Waals surface area contributed by atoms with Gasteiger partial charge in [-0.2, -0.15) is 8.42 Å². The first-order valence-electron chi connectivity index (χ1n) is 7.94. The van der Waals surface area contributed by atoms with Gasteiger partial charge >= 0.3 is 10.2 Å². The molecule has 1 rings (SSSR count). The summed E-state index contributed by atoms with van der Waals surface area (Å²) in [5, 5.41) is 9.65. The van der Waals surface area contributed by atoms with Crippen molar-refractivity contribution in [3.8, 4) is 0 Å². The third kappa shape index (κ3) is 9.82. The molecule has 0 radical (unpaired) electrons. The maximum atomic E-state index is 12.6. The highest BCUT2D eigenvalue weighted by Gasteiger charge is 2.32. The summed E-state index contributed by atoms with van der Waals surface area (Å²) < 4.78 is 33.9. The summed E-state index contributed by atoms with van der Waals surface area (Å²) in [5.74, 6) is -1.10. The van der Waals surface area contributed by atoms with Crippen molar-refractivity contribution in [2.24, 2.45) is 11.7 Å². The van der Waals surface area contributed by atoms with Crippen LogP contribution in [0.4, 0.5) is 3.89 Å². The monoisotopic (exact) mass is 353 g/mol. The van der Waals surface area contributed by atoms with Crippen molar-refractivity contribution in [3.05, 3.63) is 0 Å². The number of rotatable bonds is 13. The van der Waals surface area contributed by atoms with Crippen LogP contribution in [-0.4, -0.2) is 83.9 Å². The van der Waals surface area contributed by atoms with Crippen molar-refractivity contribution < 1.29 is 17.1 Å². The van der Waals surface area contributed by atoms with E-state index in [0.29, 0.717) is 26.2 Å². The van der Waals surface area contributed by atoms with Gasteiger partial charge in [0.15, 0.2) is 0 Å². The van der Waals surface area contributed by atoms with Gasteiger partial charge in [0.05, 0.1) is 5.75 Å². The van der Waals surface area contributed by atoms with Gasteiger partial charge in [0.1, 0.15) is 0 Å². The van der Waals surface area contributed by atoms with Crippen LogP contribution >= 0.6 is 0 Å². The topological polar surface area (TPSA) is 117 Å². The summed E-state index contributed by atoms with van der Waals surface area (Å²) >= 11 is 0. The highest BCUT2D eigenvalue weighted by molar-refractivity contribution is 7.86. The second-order valence-corrected chi connectivity index (χ2v) is 7.07. The molecule has 0 aromatic heterocycles. The van der Waals surface area contributed by atoms with E-state index in [0.717, 1.165) is 32.7 Å². The Morgan fingerprint density at radius 2 is 1.65 bits per heavy atom. The quantitative estimate of drug-likeness (QED) is 0.221. The summed E-state index contributed by atoms with van der Waals surface area (Å²) in [6.07, 6.45) is 0.112. The first-order chi connectivity index (χ1) is 10.9. The molecule has 0 aliphatic carbocycles. The van der Waals surface area contributed by atoms with E-state index in [-0.39, 0.29) is 12.3 Å². The number of likely N-dealkylation sites (tertiary alicyclic amines) is 1. The average Bonchev–Trinajstić information content (AvgIpc) is 2.78. The number of hydrogen-bond donors (Lipinski definition) is 4. The van der Waals surface area contributed by atoms with Crippen molar-refractivity contribution in [2.75, 3.05) is 64.7 Å². The molecule has 1 amide bonds. The van der Waals surface area contributed by atoms with E-state index in [1.54, 1.807) is 4.90 Å². The van der Waals surface area contributed by atoms with Crippen molar-refractivity contribution in [3.63, 3.8) is 0 Å². The molecule has 23 heavy (non-hydrogen) atoms. The zero-order chi connectivity index (χ0) is 17.1. The Balaban J connectivity index is 2.00. The van der Waals surface area contributed by atoms with E-state index in [2.05, 4.69) is 16.0 Å². The standard InChI is InChI=1S/C13H28FN5O3S/c14-23(21,22)11-12-9-13(20)19(10-12)8-7-18-6-5-17-4-3-16-2-1-15/h12,16-18H,1-11,15H2. The molecule has 1 unspecified atom stereocenters. The molecule has 1 saturated heterocycles. The number of amides is 1. The molecule has 0 saturated carbocycles. The third-order valence-electron chi connectivity index (χ3n) is 3.57. The van der Waals surface area contributed by atoms with Gasteiger partial charge in [0, 0.05) is 71.2 Å². The lowest BCUT2D eigenvalue weighted by molar-refractivity contribution is -0.127. The van der Waals surface area contributed by atoms with Crippen molar-refractivity contribution in [1.29, 1.82) is 0 Å². The van der Waals surface area contributed by atoms with Gasteiger partial charge < -0.3 is 26.6 Å². The Labute approximate surface area is 137 Å². The van der Waals surface area contributed by atoms with Crippen LogP contribution in [0.1, 0.15) is 6.42 Å². The fourth-order valence-corrected chi connectivity index (χ4v) is 3.29. The molecule has 1 fully saturated rings. The normalized spacial score (nSPS) is 18.8. The Morgan fingerprint density at radius 3 is 2.22 bits per heavy atom. The molecule has 0 bridgehead atoms. The maximum absolute atomic E-state index is 12.6. The fourth-order valence-electron chi connectivity index (χ4n) is 2.51. The number of carbonyl (C=O) groups is 1. The van der Waals surface area contributed by atoms with E-state index in [1.807, 2.05) is 0 Å². The lowest BCUT2D eigenvalue weighted by Crippen LogP contribution is -2.37. The SMILES string of the molecule is NCCNCCNCCNCCN1CC(CS(=O)(=O)F)CC1=O. The molecule has 1 aliphatic rings. The highest BCUT2D eigenvalue weighted by Crippen LogP contribution is 2.19. The van der Waals surface area contributed by atoms with Crippen molar-refractivity contribution in [1.82, 2.24) is 20.9 Å². The Bertz CT molecular complexity index is 449. The Hall–Kier alpha value is -0.810. The summed E-state index contributed by atoms with van der Waals surface area (Å²) in [4.78, 5) is 13.3. The molecule has 0 spiro atoms. The predicted molar refractivity (Wildman–Crippen MR) is 87.2 cm³/mol. The van der Waals surface area contributed by atoms with Crippen molar-refractivity contribution >= 4 is 16.1 Å². The molecular weight excluding hydrogens is 325 g/mol. The zero-order valence-corrected chi connectivity index (χ0v) is 14.2. The van der Waals surface area contributed by atoms with Crippen LogP contribution in [0.15, 0.2) is 0 Å². The Kier molecular flexibility index (Phi) is 9.56. The lowest BCUT2D eigenvalue weighted by Gasteiger charge is -2.16. The number of hydrogen-bond acceptors (Lipinski definition) is 7. The molecule has 1 atom stereocenters. The highest BCUT2D eigenvalue weighted by atomic mass is 32.3. The van der Waals surface area contributed by atoms with Crippen LogP contribution in [0.2, 0.25) is 0 Å². The van der Waals surface area contributed by atoms with Gasteiger partial charge in [-0.15, -0.1) is 3.89 Å². The Morgan fingerprint density at radius 1 is 1.09 bits per heavy atom. The zero-order valence-electron chi connectivity index (χ0n) is 13.4. The van der Waals surface area contributed by atoms with E-state index in [4.69, 9.17) is 5.73 Å². The van der Waals surface area contributed by atoms with Gasteiger partial charge in [-0.05, 0) is 0 Å². The molecule has 8 nitrogen and oxygen atoms in total. The second kappa shape index (κ2) is 10.9. The predicted octanol–water partition coefficient (Wildman–Crippen LogP) is -2.14. The second-order valence-electron chi connectivity index (χ2n) is 5.65. The van der Waals surface area contributed by atoms with E-state index >= 15 is 0 Å². The number of nitrogens with two attached hydrogens (primary N) is 1. The van der Waals surface area contributed by atoms with Crippen LogP contribution < -0.4 is 21.7 Å². The molecule has 5 N–H and O–H groups in total. The van der Waals surface area contributed by atoms with Crippen LogP contribution in [0.3, 0.4) is 0 Å². The largest absolute Gasteiger partial charge is 0.341 e. The molecule has 0 aromatic carbocycles. The van der Waals surface area contributed by atoms with E-state index in [9.17, 15) is 17.1 Å². The summed E-state index contributed by atoms with van der Waals surface area (Å²) in [6, 6.07) is 0. The van der Waals surface area contributed by atoms with E-state index in [1.165, 1.54) is 0 Å². The number of halogens is 1. The first kappa shape index (κ1) is 20.2. The van der Waals surface area contributed by atoms with Gasteiger partial charge in [-0.1, -0.05) is 0 Å². The average molecular weight is 353 g/mol. The fraction of sp³-hybridized carbons (Fsp3) is 0.923. The number of nitrogens with one attached hydrogen (secondary N) is 3. The van der Waals surface area contributed by atoms with E-state index < -0.39 is 21.9 Å². The minimum absolute atomic E-state index is 0.107.